The number of amides is 1. The van der Waals surface area contributed by atoms with Crippen LogP contribution >= 0.6 is 11.3 Å². The van der Waals surface area contributed by atoms with Gasteiger partial charge in [0, 0.05) is 4.88 Å². The Morgan fingerprint density at radius 3 is 2.73 bits per heavy atom. The minimum Gasteiger partial charge on any atom is -0.395 e. The molecule has 1 fully saturated rings. The molecule has 1 saturated carbocycles. The quantitative estimate of drug-likeness (QED) is 0.668. The minimum atomic E-state index is -0.648. The maximum atomic E-state index is 12.3. The van der Waals surface area contributed by atoms with Crippen LogP contribution in [0.25, 0.3) is 0 Å². The normalized spacial score (nSPS) is 16.5. The highest BCUT2D eigenvalue weighted by atomic mass is 32.1. The Bertz CT molecular complexity index is 659. The second-order valence-electron chi connectivity index (χ2n) is 5.41. The zero-order valence-electron chi connectivity index (χ0n) is 11.9. The lowest BCUT2D eigenvalue weighted by Gasteiger charge is -2.23. The molecule has 1 amide bonds. The van der Waals surface area contributed by atoms with Gasteiger partial charge < -0.3 is 9.73 Å². The van der Waals surface area contributed by atoms with E-state index in [9.17, 15) is 14.9 Å². The summed E-state index contributed by atoms with van der Waals surface area (Å²) in [4.78, 5) is 23.4. The lowest BCUT2D eigenvalue weighted by molar-refractivity contribution is -0.402. The summed E-state index contributed by atoms with van der Waals surface area (Å²) in [6.07, 6.45) is 4.52. The van der Waals surface area contributed by atoms with Gasteiger partial charge in [-0.05, 0) is 36.3 Å². The molecule has 0 saturated heterocycles. The molecule has 0 aliphatic heterocycles. The molecule has 0 unspecified atom stereocenters. The molecule has 22 heavy (non-hydrogen) atoms. The summed E-state index contributed by atoms with van der Waals surface area (Å²) in [5.41, 5.74) is 0. The number of nitrogens with zero attached hydrogens (tertiary/aromatic N) is 1. The average molecular weight is 320 g/mol. The van der Waals surface area contributed by atoms with Crippen LogP contribution in [0.3, 0.4) is 0 Å². The third-order valence-electron chi connectivity index (χ3n) is 4.00. The van der Waals surface area contributed by atoms with E-state index in [0.717, 1.165) is 17.7 Å². The number of hydrogen-bond acceptors (Lipinski definition) is 5. The van der Waals surface area contributed by atoms with Crippen LogP contribution in [0.4, 0.5) is 5.88 Å². The van der Waals surface area contributed by atoms with Crippen molar-refractivity contribution in [2.45, 2.75) is 31.7 Å². The van der Waals surface area contributed by atoms with E-state index in [1.807, 2.05) is 17.5 Å². The van der Waals surface area contributed by atoms with Gasteiger partial charge in [-0.2, -0.15) is 0 Å². The van der Waals surface area contributed by atoms with Crippen LogP contribution in [0, 0.1) is 16.0 Å². The van der Waals surface area contributed by atoms with Crippen LogP contribution in [0.15, 0.2) is 34.1 Å². The van der Waals surface area contributed by atoms with Crippen molar-refractivity contribution in [3.05, 3.63) is 50.4 Å². The molecule has 0 radical (unpaired) electrons. The maximum absolute atomic E-state index is 12.3. The van der Waals surface area contributed by atoms with E-state index in [4.69, 9.17) is 4.42 Å². The van der Waals surface area contributed by atoms with Gasteiger partial charge in [-0.3, -0.25) is 14.9 Å². The minimum absolute atomic E-state index is 0.0220. The van der Waals surface area contributed by atoms with E-state index in [1.165, 1.54) is 25.0 Å². The summed E-state index contributed by atoms with van der Waals surface area (Å²) in [5.74, 6) is -0.434. The van der Waals surface area contributed by atoms with E-state index in [-0.39, 0.29) is 11.8 Å². The van der Waals surface area contributed by atoms with Gasteiger partial charge in [0.05, 0.1) is 12.1 Å². The molecule has 7 heteroatoms. The number of furan rings is 1. The van der Waals surface area contributed by atoms with Crippen LogP contribution in [0.1, 0.15) is 47.2 Å². The van der Waals surface area contributed by atoms with Gasteiger partial charge in [-0.15, -0.1) is 11.3 Å². The van der Waals surface area contributed by atoms with Gasteiger partial charge in [0.1, 0.15) is 4.92 Å². The third kappa shape index (κ3) is 3.04. The molecule has 0 aromatic carbocycles. The highest BCUT2D eigenvalue weighted by Gasteiger charge is 2.29. The first-order valence-electron chi connectivity index (χ1n) is 7.23. The first-order valence-corrected chi connectivity index (χ1v) is 8.11. The number of carbonyl (C=O) groups excluding carboxylic acids is 1. The Balaban J connectivity index is 1.77. The molecule has 2 heterocycles. The molecule has 2 aromatic rings. The van der Waals surface area contributed by atoms with Crippen molar-refractivity contribution in [2.24, 2.45) is 5.92 Å². The highest BCUT2D eigenvalue weighted by molar-refractivity contribution is 7.10. The van der Waals surface area contributed by atoms with Gasteiger partial charge >= 0.3 is 5.88 Å². The Hall–Kier alpha value is -2.15. The highest BCUT2D eigenvalue weighted by Crippen LogP contribution is 2.37. The molecular formula is C15H16N2O4S. The third-order valence-corrected chi connectivity index (χ3v) is 4.96. The Kier molecular flexibility index (Phi) is 4.24. The molecule has 116 valence electrons. The SMILES string of the molecule is O=C(N[C@H](c1cccs1)C1CCCC1)c1ccc([N+](=O)[O-])o1. The standard InChI is InChI=1S/C15H16N2O4S/c18-15(11-7-8-13(21-11)17(19)20)16-14(10-4-1-2-5-10)12-6-3-9-22-12/h3,6-10,14H,1-2,4-5H2,(H,16,18)/t14-/m0/s1. The van der Waals surface area contributed by atoms with Gasteiger partial charge in [0.15, 0.2) is 5.76 Å². The Labute approximate surface area is 131 Å². The number of hydrogen-bond donors (Lipinski definition) is 1. The van der Waals surface area contributed by atoms with E-state index in [2.05, 4.69) is 5.32 Å². The summed E-state index contributed by atoms with van der Waals surface area (Å²) in [6, 6.07) is 6.46. The molecule has 1 N–H and O–H groups in total. The number of rotatable bonds is 5. The van der Waals surface area contributed by atoms with Crippen LogP contribution < -0.4 is 5.32 Å². The zero-order chi connectivity index (χ0) is 15.5. The largest absolute Gasteiger partial charge is 0.433 e. The van der Waals surface area contributed by atoms with E-state index in [0.29, 0.717) is 5.92 Å². The van der Waals surface area contributed by atoms with Crippen molar-refractivity contribution in [1.29, 1.82) is 0 Å². The second-order valence-corrected chi connectivity index (χ2v) is 6.39. The maximum Gasteiger partial charge on any atom is 0.433 e. The van der Waals surface area contributed by atoms with Crippen molar-refractivity contribution < 1.29 is 14.1 Å². The van der Waals surface area contributed by atoms with Gasteiger partial charge in [0.25, 0.3) is 5.91 Å². The molecule has 3 rings (SSSR count). The lowest BCUT2D eigenvalue weighted by Crippen LogP contribution is -2.32. The van der Waals surface area contributed by atoms with Crippen molar-refractivity contribution in [1.82, 2.24) is 5.32 Å². The fourth-order valence-corrected chi connectivity index (χ4v) is 3.81. The predicted octanol–water partition coefficient (Wildman–Crippen LogP) is 3.91. The summed E-state index contributed by atoms with van der Waals surface area (Å²) >= 11 is 1.61. The monoisotopic (exact) mass is 320 g/mol. The molecule has 1 aliphatic rings. The van der Waals surface area contributed by atoms with Crippen LogP contribution in [0.2, 0.25) is 0 Å². The molecular weight excluding hydrogens is 304 g/mol. The topological polar surface area (TPSA) is 85.4 Å². The first-order chi connectivity index (χ1) is 10.6. The molecule has 1 atom stereocenters. The molecule has 2 aromatic heterocycles. The van der Waals surface area contributed by atoms with Crippen LogP contribution in [-0.2, 0) is 0 Å². The first kappa shape index (κ1) is 14.8. The lowest BCUT2D eigenvalue weighted by atomic mass is 9.96. The number of nitrogens with one attached hydrogen (secondary N) is 1. The predicted molar refractivity (Wildman–Crippen MR) is 81.8 cm³/mol. The summed E-state index contributed by atoms with van der Waals surface area (Å²) in [7, 11) is 0. The fraction of sp³-hybridized carbons (Fsp3) is 0.400. The number of thiophene rings is 1. The fourth-order valence-electron chi connectivity index (χ4n) is 2.94. The van der Waals surface area contributed by atoms with Gasteiger partial charge in [-0.25, -0.2) is 0 Å². The Morgan fingerprint density at radius 2 is 2.14 bits per heavy atom. The number of carbonyl (C=O) groups is 1. The smallest absolute Gasteiger partial charge is 0.395 e. The average Bonchev–Trinajstić information content (AvgIpc) is 3.26. The number of nitro groups is 1. The van der Waals surface area contributed by atoms with Crippen molar-refractivity contribution in [3.63, 3.8) is 0 Å². The van der Waals surface area contributed by atoms with Gasteiger partial charge in [-0.1, -0.05) is 18.9 Å². The van der Waals surface area contributed by atoms with E-state index < -0.39 is 16.7 Å². The van der Waals surface area contributed by atoms with Crippen molar-refractivity contribution in [3.8, 4) is 0 Å². The second kappa shape index (κ2) is 6.31. The molecule has 0 spiro atoms. The Morgan fingerprint density at radius 1 is 1.36 bits per heavy atom. The molecule has 0 bridgehead atoms. The summed E-state index contributed by atoms with van der Waals surface area (Å²) in [6.45, 7) is 0. The summed E-state index contributed by atoms with van der Waals surface area (Å²) < 4.78 is 4.98. The molecule has 1 aliphatic carbocycles. The summed E-state index contributed by atoms with van der Waals surface area (Å²) in [5, 5.41) is 15.6. The van der Waals surface area contributed by atoms with E-state index in [1.54, 1.807) is 11.3 Å². The molecule has 6 nitrogen and oxygen atoms in total. The van der Waals surface area contributed by atoms with Gasteiger partial charge in [0.2, 0.25) is 0 Å². The van der Waals surface area contributed by atoms with Crippen LogP contribution in [-0.4, -0.2) is 10.8 Å². The van der Waals surface area contributed by atoms with E-state index >= 15 is 0 Å². The van der Waals surface area contributed by atoms with Crippen LogP contribution in [0.5, 0.6) is 0 Å². The zero-order valence-corrected chi connectivity index (χ0v) is 12.7. The van der Waals surface area contributed by atoms with Crippen molar-refractivity contribution >= 4 is 23.1 Å². The van der Waals surface area contributed by atoms with Crippen molar-refractivity contribution in [2.75, 3.05) is 0 Å².